The van der Waals surface area contributed by atoms with Gasteiger partial charge in [0.05, 0.1) is 19.3 Å². The summed E-state index contributed by atoms with van der Waals surface area (Å²) in [6, 6.07) is 9.46. The van der Waals surface area contributed by atoms with Crippen molar-refractivity contribution in [2.45, 2.75) is 39.0 Å². The summed E-state index contributed by atoms with van der Waals surface area (Å²) >= 11 is 0. The molecule has 1 N–H and O–H groups in total. The maximum Gasteiger partial charge on any atom is 0.325 e. The Hall–Kier alpha value is -1.39. The summed E-state index contributed by atoms with van der Waals surface area (Å²) in [5.41, 5.74) is 0.841. The molecule has 1 rings (SSSR count). The third-order valence-electron chi connectivity index (χ3n) is 2.56. The average molecular weight is 265 g/mol. The monoisotopic (exact) mass is 265 g/mol. The molecule has 1 atom stereocenters. The molecule has 0 bridgehead atoms. The van der Waals surface area contributed by atoms with E-state index in [9.17, 15) is 4.79 Å². The first-order chi connectivity index (χ1) is 8.92. The van der Waals surface area contributed by atoms with Crippen LogP contribution in [0.4, 0.5) is 0 Å². The predicted molar refractivity (Wildman–Crippen MR) is 74.8 cm³/mol. The molecule has 0 saturated carbocycles. The Kier molecular flexibility index (Phi) is 5.99. The topological polar surface area (TPSA) is 47.6 Å². The summed E-state index contributed by atoms with van der Waals surface area (Å²) in [5, 5.41) is 3.16. The second-order valence-electron chi connectivity index (χ2n) is 5.37. The molecule has 0 aliphatic carbocycles. The largest absolute Gasteiger partial charge is 0.468 e. The summed E-state index contributed by atoms with van der Waals surface area (Å²) in [5.74, 6) is -0.305. The van der Waals surface area contributed by atoms with E-state index in [0.29, 0.717) is 13.2 Å². The quantitative estimate of drug-likeness (QED) is 0.801. The number of ether oxygens (including phenoxy) is 2. The second kappa shape index (κ2) is 7.26. The summed E-state index contributed by atoms with van der Waals surface area (Å²) in [6.07, 6.45) is 0. The molecule has 4 nitrogen and oxygen atoms in total. The summed E-state index contributed by atoms with van der Waals surface area (Å²) < 4.78 is 10.4. The predicted octanol–water partition coefficient (Wildman–Crippen LogP) is 2.13. The number of esters is 1. The summed E-state index contributed by atoms with van der Waals surface area (Å²) in [6.45, 7) is 6.77. The lowest BCUT2D eigenvalue weighted by atomic mass is 10.2. The molecule has 0 aromatic heterocycles. The van der Waals surface area contributed by atoms with Crippen molar-refractivity contribution >= 4 is 5.97 Å². The van der Waals surface area contributed by atoms with E-state index in [-0.39, 0.29) is 11.6 Å². The molecular formula is C15H23NO3. The number of hydrogen-bond donors (Lipinski definition) is 1. The first kappa shape index (κ1) is 15.7. The van der Waals surface area contributed by atoms with Gasteiger partial charge in [0.15, 0.2) is 0 Å². The van der Waals surface area contributed by atoms with Gasteiger partial charge in [-0.05, 0) is 26.3 Å². The van der Waals surface area contributed by atoms with Gasteiger partial charge in [-0.1, -0.05) is 30.3 Å². The van der Waals surface area contributed by atoms with Crippen molar-refractivity contribution in [1.82, 2.24) is 5.32 Å². The Morgan fingerprint density at radius 3 is 2.42 bits per heavy atom. The molecule has 1 aromatic carbocycles. The molecule has 0 aliphatic rings. The fourth-order valence-electron chi connectivity index (χ4n) is 1.52. The minimum atomic E-state index is -0.454. The van der Waals surface area contributed by atoms with Gasteiger partial charge in [0.2, 0.25) is 0 Å². The van der Waals surface area contributed by atoms with E-state index in [0.717, 1.165) is 5.56 Å². The lowest BCUT2D eigenvalue weighted by Crippen LogP contribution is -2.42. The number of benzene rings is 1. The van der Waals surface area contributed by atoms with Crippen molar-refractivity contribution in [2.24, 2.45) is 0 Å². The number of carbonyl (C=O) groups excluding carboxylic acids is 1. The molecule has 4 heteroatoms. The first-order valence-electron chi connectivity index (χ1n) is 6.41. The van der Waals surface area contributed by atoms with Crippen molar-refractivity contribution < 1.29 is 14.3 Å². The van der Waals surface area contributed by atoms with Crippen LogP contribution in [0.3, 0.4) is 0 Å². The van der Waals surface area contributed by atoms with Crippen LogP contribution in [0.25, 0.3) is 0 Å². The van der Waals surface area contributed by atoms with E-state index < -0.39 is 6.04 Å². The zero-order chi connectivity index (χ0) is 14.3. The van der Waals surface area contributed by atoms with Crippen LogP contribution in [0.15, 0.2) is 30.3 Å². The molecule has 1 aromatic rings. The SMILES string of the molecule is COC(=O)[C@H](COC(C)(C)C)NCc1ccccc1. The summed E-state index contributed by atoms with van der Waals surface area (Å²) in [7, 11) is 1.39. The Morgan fingerprint density at radius 2 is 1.89 bits per heavy atom. The van der Waals surface area contributed by atoms with E-state index in [1.807, 2.05) is 51.1 Å². The van der Waals surface area contributed by atoms with E-state index in [4.69, 9.17) is 9.47 Å². The maximum atomic E-state index is 11.7. The highest BCUT2D eigenvalue weighted by Crippen LogP contribution is 2.08. The van der Waals surface area contributed by atoms with Crippen molar-refractivity contribution in [2.75, 3.05) is 13.7 Å². The molecule has 0 spiro atoms. The van der Waals surface area contributed by atoms with Crippen molar-refractivity contribution in [3.63, 3.8) is 0 Å². The van der Waals surface area contributed by atoms with Crippen LogP contribution < -0.4 is 5.32 Å². The zero-order valence-electron chi connectivity index (χ0n) is 12.1. The van der Waals surface area contributed by atoms with Crippen LogP contribution in [0.2, 0.25) is 0 Å². The fraction of sp³-hybridized carbons (Fsp3) is 0.533. The number of carbonyl (C=O) groups is 1. The van der Waals surface area contributed by atoms with Crippen LogP contribution >= 0.6 is 0 Å². The highest BCUT2D eigenvalue weighted by molar-refractivity contribution is 5.75. The molecule has 19 heavy (non-hydrogen) atoms. The average Bonchev–Trinajstić information content (AvgIpc) is 2.38. The molecule has 0 aliphatic heterocycles. The van der Waals surface area contributed by atoms with Gasteiger partial charge >= 0.3 is 5.97 Å². The Labute approximate surface area is 115 Å². The van der Waals surface area contributed by atoms with E-state index >= 15 is 0 Å². The van der Waals surface area contributed by atoms with Gasteiger partial charge in [-0.25, -0.2) is 0 Å². The molecule has 0 heterocycles. The number of nitrogens with one attached hydrogen (secondary N) is 1. The third kappa shape index (κ3) is 6.36. The first-order valence-corrected chi connectivity index (χ1v) is 6.41. The van der Waals surface area contributed by atoms with Gasteiger partial charge in [0.25, 0.3) is 0 Å². The van der Waals surface area contributed by atoms with Crippen LogP contribution in [0, 0.1) is 0 Å². The zero-order valence-corrected chi connectivity index (χ0v) is 12.1. The number of hydrogen-bond acceptors (Lipinski definition) is 4. The molecule has 0 radical (unpaired) electrons. The Balaban J connectivity index is 2.53. The van der Waals surface area contributed by atoms with Crippen LogP contribution in [0.1, 0.15) is 26.3 Å². The van der Waals surface area contributed by atoms with Gasteiger partial charge in [-0.2, -0.15) is 0 Å². The normalized spacial score (nSPS) is 13.1. The number of methoxy groups -OCH3 is 1. The summed E-state index contributed by atoms with van der Waals surface area (Å²) in [4.78, 5) is 11.7. The van der Waals surface area contributed by atoms with E-state index in [1.54, 1.807) is 0 Å². The minimum absolute atomic E-state index is 0.277. The molecular weight excluding hydrogens is 242 g/mol. The maximum absolute atomic E-state index is 11.7. The molecule has 0 amide bonds. The van der Waals surface area contributed by atoms with Crippen molar-refractivity contribution in [3.05, 3.63) is 35.9 Å². The Bertz CT molecular complexity index is 384. The van der Waals surface area contributed by atoms with Crippen LogP contribution in [-0.2, 0) is 20.8 Å². The van der Waals surface area contributed by atoms with E-state index in [2.05, 4.69) is 5.32 Å². The molecule has 0 saturated heterocycles. The number of rotatable bonds is 6. The minimum Gasteiger partial charge on any atom is -0.468 e. The standard InChI is InChI=1S/C15H23NO3/c1-15(2,3)19-11-13(14(17)18-4)16-10-12-8-6-5-7-9-12/h5-9,13,16H,10-11H2,1-4H3/t13-/m0/s1. The molecule has 0 fully saturated rings. The van der Waals surface area contributed by atoms with Gasteiger partial charge in [-0.3, -0.25) is 10.1 Å². The fourth-order valence-corrected chi connectivity index (χ4v) is 1.52. The third-order valence-corrected chi connectivity index (χ3v) is 2.56. The van der Waals surface area contributed by atoms with Gasteiger partial charge in [-0.15, -0.1) is 0 Å². The van der Waals surface area contributed by atoms with Crippen LogP contribution in [-0.4, -0.2) is 31.3 Å². The van der Waals surface area contributed by atoms with Gasteiger partial charge in [0, 0.05) is 6.54 Å². The van der Waals surface area contributed by atoms with Crippen LogP contribution in [0.5, 0.6) is 0 Å². The van der Waals surface area contributed by atoms with Crippen molar-refractivity contribution in [3.8, 4) is 0 Å². The lowest BCUT2D eigenvalue weighted by molar-refractivity contribution is -0.146. The van der Waals surface area contributed by atoms with Crippen molar-refractivity contribution in [1.29, 1.82) is 0 Å². The second-order valence-corrected chi connectivity index (χ2v) is 5.37. The molecule has 0 unspecified atom stereocenters. The molecule has 106 valence electrons. The van der Waals surface area contributed by atoms with Gasteiger partial charge in [0.1, 0.15) is 6.04 Å². The highest BCUT2D eigenvalue weighted by atomic mass is 16.5. The lowest BCUT2D eigenvalue weighted by Gasteiger charge is -2.24. The van der Waals surface area contributed by atoms with E-state index in [1.165, 1.54) is 7.11 Å². The van der Waals surface area contributed by atoms with Gasteiger partial charge < -0.3 is 9.47 Å². The smallest absolute Gasteiger partial charge is 0.325 e. The Morgan fingerprint density at radius 1 is 1.26 bits per heavy atom. The highest BCUT2D eigenvalue weighted by Gasteiger charge is 2.22.